The van der Waals surface area contributed by atoms with Crippen LogP contribution in [0.5, 0.6) is 0 Å². The number of hydrogen-bond donors (Lipinski definition) is 8. The Labute approximate surface area is 127 Å². The van der Waals surface area contributed by atoms with Gasteiger partial charge in [0.15, 0.2) is 18.0 Å². The van der Waals surface area contributed by atoms with Crippen LogP contribution in [0.2, 0.25) is 0 Å². The molecule has 0 saturated carbocycles. The van der Waals surface area contributed by atoms with Gasteiger partial charge in [-0.15, -0.1) is 0 Å². The summed E-state index contributed by atoms with van der Waals surface area (Å²) < 4.78 is 4.32. The molecule has 0 aliphatic carbocycles. The number of carbonyl (C=O) groups excluding carboxylic acids is 4. The molecule has 1 fully saturated rings. The second-order valence-electron chi connectivity index (χ2n) is 4.21. The van der Waals surface area contributed by atoms with Crippen LogP contribution in [0.25, 0.3) is 0 Å². The number of ether oxygens (including phenoxy) is 1. The van der Waals surface area contributed by atoms with Gasteiger partial charge in [0.25, 0.3) is 5.91 Å². The fourth-order valence-corrected chi connectivity index (χ4v) is 1.48. The van der Waals surface area contributed by atoms with E-state index in [0.717, 1.165) is 0 Å². The Morgan fingerprint density at radius 2 is 1.96 bits per heavy atom. The molecule has 2 rings (SSSR count). The molecular weight excluding hydrogens is 320 g/mol. The van der Waals surface area contributed by atoms with Crippen molar-refractivity contribution in [3.05, 3.63) is 11.5 Å². The standard InChI is InChI=1S/C6H8O6.C4H6N4O3/c7-1-2(8)5-3(9)4(10)6(11)12-5;5-3(10)6-1-2(9)8-4(11)7-1/h2,5,7-10H,1H2;1H,(H3,5,6,10)(H2,7,8,9,11)/t2-,5+;/m0./s1. The average molecular weight is 334 g/mol. The highest BCUT2D eigenvalue weighted by Crippen LogP contribution is 2.20. The maximum atomic E-state index is 10.7. The third kappa shape index (κ3) is 4.45. The van der Waals surface area contributed by atoms with Gasteiger partial charge in [-0.2, -0.15) is 0 Å². The van der Waals surface area contributed by atoms with Crippen molar-refractivity contribution in [3.8, 4) is 0 Å². The number of nitrogens with two attached hydrogens (primary N) is 1. The highest BCUT2D eigenvalue weighted by molar-refractivity contribution is 6.05. The monoisotopic (exact) mass is 334 g/mol. The summed E-state index contributed by atoms with van der Waals surface area (Å²) in [6, 6.07) is -1.51. The number of aliphatic hydroxyl groups is 4. The van der Waals surface area contributed by atoms with E-state index in [4.69, 9.17) is 26.2 Å². The fourth-order valence-electron chi connectivity index (χ4n) is 1.48. The number of cyclic esters (lactones) is 1. The van der Waals surface area contributed by atoms with Crippen molar-refractivity contribution < 1.29 is 44.3 Å². The molecule has 1 saturated heterocycles. The van der Waals surface area contributed by atoms with E-state index in [0.29, 0.717) is 0 Å². The maximum absolute atomic E-state index is 10.7. The van der Waals surface area contributed by atoms with E-state index >= 15 is 0 Å². The van der Waals surface area contributed by atoms with Crippen molar-refractivity contribution in [3.63, 3.8) is 0 Å². The van der Waals surface area contributed by atoms with Gasteiger partial charge in [0.1, 0.15) is 6.10 Å². The number of rotatable bonds is 3. The van der Waals surface area contributed by atoms with Crippen LogP contribution in [0, 0.1) is 0 Å². The molecule has 0 aromatic rings. The molecule has 0 spiro atoms. The average Bonchev–Trinajstić information content (AvgIpc) is 2.92. The summed E-state index contributed by atoms with van der Waals surface area (Å²) >= 11 is 0. The molecule has 23 heavy (non-hydrogen) atoms. The molecule has 13 nitrogen and oxygen atoms in total. The smallest absolute Gasteiger partial charge is 0.377 e. The molecule has 2 aliphatic rings. The first-order chi connectivity index (χ1) is 10.7. The summed E-state index contributed by atoms with van der Waals surface area (Å²) in [6.07, 6.45) is -3.82. The van der Waals surface area contributed by atoms with Gasteiger partial charge in [-0.05, 0) is 0 Å². The highest BCUT2D eigenvalue weighted by Gasteiger charge is 2.38. The molecular formula is C10H14N4O9. The Hall–Kier alpha value is -3.06. The Kier molecular flexibility index (Phi) is 5.69. The molecule has 1 unspecified atom stereocenters. The van der Waals surface area contributed by atoms with Crippen molar-refractivity contribution in [1.29, 1.82) is 0 Å². The van der Waals surface area contributed by atoms with Crippen LogP contribution < -0.4 is 21.7 Å². The predicted molar refractivity (Wildman–Crippen MR) is 68.4 cm³/mol. The summed E-state index contributed by atoms with van der Waals surface area (Å²) in [6.45, 7) is -0.671. The number of urea groups is 2. The highest BCUT2D eigenvalue weighted by atomic mass is 16.6. The summed E-state index contributed by atoms with van der Waals surface area (Å²) in [5.41, 5.74) is 4.70. The first kappa shape index (κ1) is 18.0. The Balaban J connectivity index is 0.000000231. The van der Waals surface area contributed by atoms with E-state index in [-0.39, 0.29) is 0 Å². The van der Waals surface area contributed by atoms with Gasteiger partial charge >= 0.3 is 18.0 Å². The Bertz CT molecular complexity index is 561. The van der Waals surface area contributed by atoms with Crippen LogP contribution in [0.1, 0.15) is 0 Å². The first-order valence-corrected chi connectivity index (χ1v) is 5.96. The van der Waals surface area contributed by atoms with Crippen LogP contribution >= 0.6 is 0 Å². The number of nitrogens with one attached hydrogen (secondary N) is 3. The molecule has 3 atom stereocenters. The van der Waals surface area contributed by atoms with Gasteiger partial charge in [0.05, 0.1) is 6.61 Å². The van der Waals surface area contributed by atoms with Crippen LogP contribution in [-0.4, -0.2) is 69.3 Å². The number of amides is 5. The Morgan fingerprint density at radius 1 is 1.35 bits per heavy atom. The van der Waals surface area contributed by atoms with E-state index in [1.807, 2.05) is 10.6 Å². The van der Waals surface area contributed by atoms with E-state index in [2.05, 4.69) is 10.1 Å². The van der Waals surface area contributed by atoms with E-state index < -0.39 is 60.4 Å². The minimum Gasteiger partial charge on any atom is -0.505 e. The predicted octanol–water partition coefficient (Wildman–Crippen LogP) is -3.59. The maximum Gasteiger partial charge on any atom is 0.377 e. The molecule has 2 aliphatic heterocycles. The van der Waals surface area contributed by atoms with Crippen LogP contribution in [0.15, 0.2) is 11.5 Å². The molecule has 2 heterocycles. The quantitative estimate of drug-likeness (QED) is 0.188. The summed E-state index contributed by atoms with van der Waals surface area (Å²) in [5, 5.41) is 41.1. The third-order valence-electron chi connectivity index (χ3n) is 2.54. The minimum atomic E-state index is -1.42. The second-order valence-corrected chi connectivity index (χ2v) is 4.21. The fraction of sp³-hybridized carbons (Fsp3) is 0.400. The summed E-state index contributed by atoms with van der Waals surface area (Å²) in [4.78, 5) is 41.8. The molecule has 0 aromatic heterocycles. The SMILES string of the molecule is NC(=O)NC1NC(=O)NC1=O.O=C1O[C@H]([C@@H](O)CO)C(O)=C1O. The lowest BCUT2D eigenvalue weighted by Crippen LogP contribution is -2.48. The van der Waals surface area contributed by atoms with E-state index in [1.165, 1.54) is 0 Å². The van der Waals surface area contributed by atoms with Crippen molar-refractivity contribution in [1.82, 2.24) is 16.0 Å². The van der Waals surface area contributed by atoms with Gasteiger partial charge in [-0.1, -0.05) is 0 Å². The van der Waals surface area contributed by atoms with Crippen LogP contribution in [0.4, 0.5) is 9.59 Å². The number of imide groups is 1. The molecule has 0 radical (unpaired) electrons. The summed E-state index contributed by atoms with van der Waals surface area (Å²) in [5.74, 6) is -3.40. The number of esters is 1. The lowest BCUT2D eigenvalue weighted by atomic mass is 10.2. The zero-order chi connectivity index (χ0) is 17.7. The number of primary amides is 1. The molecule has 9 N–H and O–H groups in total. The van der Waals surface area contributed by atoms with Gasteiger partial charge in [-0.25, -0.2) is 14.4 Å². The number of hydrogen-bond acceptors (Lipinski definition) is 9. The Morgan fingerprint density at radius 3 is 2.30 bits per heavy atom. The van der Waals surface area contributed by atoms with Gasteiger partial charge in [0.2, 0.25) is 5.76 Å². The minimum absolute atomic E-state index is 0.617. The van der Waals surface area contributed by atoms with Gasteiger partial charge in [0, 0.05) is 0 Å². The number of aliphatic hydroxyl groups excluding tert-OH is 4. The molecule has 0 aromatic carbocycles. The van der Waals surface area contributed by atoms with E-state index in [1.54, 1.807) is 0 Å². The van der Waals surface area contributed by atoms with Gasteiger partial charge < -0.3 is 41.5 Å². The van der Waals surface area contributed by atoms with E-state index in [9.17, 15) is 19.2 Å². The van der Waals surface area contributed by atoms with Crippen molar-refractivity contribution in [2.75, 3.05) is 6.61 Å². The van der Waals surface area contributed by atoms with Crippen LogP contribution in [-0.2, 0) is 14.3 Å². The zero-order valence-electron chi connectivity index (χ0n) is 11.3. The molecule has 0 bridgehead atoms. The lowest BCUT2D eigenvalue weighted by molar-refractivity contribution is -0.147. The summed E-state index contributed by atoms with van der Waals surface area (Å²) in [7, 11) is 0. The molecule has 13 heteroatoms. The molecule has 5 amide bonds. The van der Waals surface area contributed by atoms with Crippen molar-refractivity contribution in [2.45, 2.75) is 18.4 Å². The van der Waals surface area contributed by atoms with Gasteiger partial charge in [-0.3, -0.25) is 10.1 Å². The second kappa shape index (κ2) is 7.28. The van der Waals surface area contributed by atoms with Crippen molar-refractivity contribution >= 4 is 23.9 Å². The largest absolute Gasteiger partial charge is 0.505 e. The zero-order valence-corrected chi connectivity index (χ0v) is 11.3. The molecule has 128 valence electrons. The lowest BCUT2D eigenvalue weighted by Gasteiger charge is -2.13. The number of carbonyl (C=O) groups is 4. The van der Waals surface area contributed by atoms with Crippen molar-refractivity contribution in [2.24, 2.45) is 5.73 Å². The normalized spacial score (nSPS) is 24.2. The van der Waals surface area contributed by atoms with Crippen LogP contribution in [0.3, 0.4) is 0 Å². The first-order valence-electron chi connectivity index (χ1n) is 5.96. The third-order valence-corrected chi connectivity index (χ3v) is 2.54. The topological polar surface area (TPSA) is 221 Å².